The highest BCUT2D eigenvalue weighted by atomic mass is 16.5. The first kappa shape index (κ1) is 13.6. The number of carboxylic acids is 1. The molecule has 102 valence electrons. The maximum atomic E-state index is 10.4. The van der Waals surface area contributed by atoms with Crippen LogP contribution in [0.3, 0.4) is 0 Å². The van der Waals surface area contributed by atoms with Crippen molar-refractivity contribution < 1.29 is 14.6 Å². The highest BCUT2D eigenvalue weighted by Gasteiger charge is 2.47. The highest BCUT2D eigenvalue weighted by molar-refractivity contribution is 5.66. The van der Waals surface area contributed by atoms with E-state index in [1.807, 2.05) is 0 Å². The maximum Gasteiger partial charge on any atom is 0.303 e. The molecule has 4 heteroatoms. The number of unbranched alkanes of at least 4 members (excludes halogenated alkanes) is 1. The van der Waals surface area contributed by atoms with Crippen molar-refractivity contribution in [1.82, 2.24) is 0 Å². The third-order valence-corrected chi connectivity index (χ3v) is 4.20. The van der Waals surface area contributed by atoms with Gasteiger partial charge in [0.25, 0.3) is 0 Å². The summed E-state index contributed by atoms with van der Waals surface area (Å²) in [6, 6.07) is 0. The Hall–Kier alpha value is -0.870. The largest absolute Gasteiger partial charge is 0.481 e. The minimum Gasteiger partial charge on any atom is -0.481 e. The number of carbonyl (C=O) groups is 1. The number of allylic oxidation sites excluding steroid dienone is 2. The van der Waals surface area contributed by atoms with Crippen LogP contribution in [0, 0.1) is 11.8 Å². The van der Waals surface area contributed by atoms with Crippen LogP contribution in [0.25, 0.3) is 0 Å². The summed E-state index contributed by atoms with van der Waals surface area (Å²) in [6.45, 7) is 0.721. The Labute approximate surface area is 108 Å². The molecule has 2 aliphatic rings. The van der Waals surface area contributed by atoms with Crippen molar-refractivity contribution in [1.29, 1.82) is 0 Å². The van der Waals surface area contributed by atoms with E-state index >= 15 is 0 Å². The van der Waals surface area contributed by atoms with E-state index < -0.39 is 5.97 Å². The van der Waals surface area contributed by atoms with Crippen molar-refractivity contribution in [3.63, 3.8) is 0 Å². The lowest BCUT2D eigenvalue weighted by molar-refractivity contribution is -0.137. The molecule has 0 aromatic heterocycles. The molecule has 0 aromatic rings. The van der Waals surface area contributed by atoms with Crippen LogP contribution in [-0.4, -0.2) is 29.8 Å². The fraction of sp³-hybridized carbons (Fsp3) is 0.786. The summed E-state index contributed by atoms with van der Waals surface area (Å²) in [5.41, 5.74) is 5.83. The molecule has 2 rings (SSSR count). The smallest absolute Gasteiger partial charge is 0.303 e. The summed E-state index contributed by atoms with van der Waals surface area (Å²) in [4.78, 5) is 10.4. The van der Waals surface area contributed by atoms with Gasteiger partial charge in [0.15, 0.2) is 0 Å². The normalized spacial score (nSPS) is 34.5. The van der Waals surface area contributed by atoms with Gasteiger partial charge in [-0.1, -0.05) is 12.2 Å². The molecule has 4 nitrogen and oxygen atoms in total. The molecular formula is C14H23NO3. The van der Waals surface area contributed by atoms with E-state index in [0.717, 1.165) is 25.8 Å². The van der Waals surface area contributed by atoms with E-state index in [1.165, 1.54) is 12.8 Å². The molecule has 0 aromatic carbocycles. The van der Waals surface area contributed by atoms with Gasteiger partial charge in [-0.2, -0.15) is 0 Å². The van der Waals surface area contributed by atoms with Crippen molar-refractivity contribution in [2.75, 3.05) is 6.54 Å². The molecule has 2 bridgehead atoms. The lowest BCUT2D eigenvalue weighted by atomic mass is 9.77. The molecule has 0 radical (unpaired) electrons. The van der Waals surface area contributed by atoms with Crippen LogP contribution in [0.5, 0.6) is 0 Å². The van der Waals surface area contributed by atoms with Gasteiger partial charge in [-0.3, -0.25) is 4.79 Å². The Morgan fingerprint density at radius 1 is 1.28 bits per heavy atom. The van der Waals surface area contributed by atoms with Crippen molar-refractivity contribution in [3.8, 4) is 0 Å². The van der Waals surface area contributed by atoms with E-state index in [1.54, 1.807) is 0 Å². The van der Waals surface area contributed by atoms with Gasteiger partial charge in [0.2, 0.25) is 0 Å². The zero-order valence-corrected chi connectivity index (χ0v) is 10.8. The molecule has 18 heavy (non-hydrogen) atoms. The Kier molecular flexibility index (Phi) is 4.78. The van der Waals surface area contributed by atoms with Crippen LogP contribution in [0.1, 0.15) is 38.5 Å². The molecular weight excluding hydrogens is 230 g/mol. The first-order chi connectivity index (χ1) is 8.72. The number of aliphatic carboxylic acids is 1. The van der Waals surface area contributed by atoms with Crippen molar-refractivity contribution in [2.24, 2.45) is 17.6 Å². The van der Waals surface area contributed by atoms with Crippen LogP contribution in [-0.2, 0) is 9.53 Å². The van der Waals surface area contributed by atoms with Gasteiger partial charge in [0.05, 0.1) is 12.2 Å². The molecule has 0 amide bonds. The van der Waals surface area contributed by atoms with Crippen LogP contribution in [0.4, 0.5) is 0 Å². The number of hydrogen-bond donors (Lipinski definition) is 2. The molecule has 2 fully saturated rings. The Bertz CT molecular complexity index is 316. The van der Waals surface area contributed by atoms with Gasteiger partial charge in [0, 0.05) is 12.3 Å². The second-order valence-corrected chi connectivity index (χ2v) is 5.35. The SMILES string of the molecule is NC[C@H]1[C@@H](CC=CCCCC(=O)O)[C@H]2CC[C@@H]1O2. The van der Waals surface area contributed by atoms with Gasteiger partial charge in [-0.15, -0.1) is 0 Å². The number of nitrogens with two attached hydrogens (primary N) is 1. The number of hydrogen-bond acceptors (Lipinski definition) is 3. The zero-order chi connectivity index (χ0) is 13.0. The molecule has 2 heterocycles. The van der Waals surface area contributed by atoms with Crippen LogP contribution in [0.15, 0.2) is 12.2 Å². The average molecular weight is 253 g/mol. The number of ether oxygens (including phenoxy) is 1. The van der Waals surface area contributed by atoms with Gasteiger partial charge < -0.3 is 15.6 Å². The summed E-state index contributed by atoms with van der Waals surface area (Å²) in [5.74, 6) is 0.380. The van der Waals surface area contributed by atoms with Gasteiger partial charge >= 0.3 is 5.97 Å². The second-order valence-electron chi connectivity index (χ2n) is 5.35. The van der Waals surface area contributed by atoms with Crippen molar-refractivity contribution in [2.45, 2.75) is 50.7 Å². The second kappa shape index (κ2) is 6.34. The van der Waals surface area contributed by atoms with E-state index in [-0.39, 0.29) is 6.42 Å². The van der Waals surface area contributed by atoms with Crippen LogP contribution >= 0.6 is 0 Å². The summed E-state index contributed by atoms with van der Waals surface area (Å²) in [5, 5.41) is 8.53. The summed E-state index contributed by atoms with van der Waals surface area (Å²) in [6.07, 6.45) is 10.3. The molecule has 0 unspecified atom stereocenters. The topological polar surface area (TPSA) is 72.6 Å². The molecule has 0 spiro atoms. The molecule has 3 N–H and O–H groups in total. The maximum absolute atomic E-state index is 10.4. The number of fused-ring (bicyclic) bond motifs is 2. The number of rotatable bonds is 7. The fourth-order valence-electron chi connectivity index (χ4n) is 3.27. The van der Waals surface area contributed by atoms with Crippen molar-refractivity contribution >= 4 is 5.97 Å². The van der Waals surface area contributed by atoms with Gasteiger partial charge in [-0.05, 0) is 44.6 Å². The highest BCUT2D eigenvalue weighted by Crippen LogP contribution is 2.44. The monoisotopic (exact) mass is 253 g/mol. The predicted molar refractivity (Wildman–Crippen MR) is 69.2 cm³/mol. The molecule has 2 aliphatic heterocycles. The van der Waals surface area contributed by atoms with E-state index in [2.05, 4.69) is 12.2 Å². The summed E-state index contributed by atoms with van der Waals surface area (Å²) >= 11 is 0. The van der Waals surface area contributed by atoms with Crippen molar-refractivity contribution in [3.05, 3.63) is 12.2 Å². The summed E-state index contributed by atoms with van der Waals surface area (Å²) < 4.78 is 5.91. The minimum absolute atomic E-state index is 0.257. The van der Waals surface area contributed by atoms with E-state index in [4.69, 9.17) is 15.6 Å². The zero-order valence-electron chi connectivity index (χ0n) is 10.8. The molecule has 4 atom stereocenters. The van der Waals surface area contributed by atoms with Crippen LogP contribution < -0.4 is 5.73 Å². The Morgan fingerprint density at radius 2 is 2.00 bits per heavy atom. The Morgan fingerprint density at radius 3 is 2.67 bits per heavy atom. The molecule has 2 saturated heterocycles. The van der Waals surface area contributed by atoms with Gasteiger partial charge in [-0.25, -0.2) is 0 Å². The third kappa shape index (κ3) is 3.12. The Balaban J connectivity index is 1.69. The quantitative estimate of drug-likeness (QED) is 0.537. The van der Waals surface area contributed by atoms with Gasteiger partial charge in [0.1, 0.15) is 0 Å². The average Bonchev–Trinajstić information content (AvgIpc) is 2.93. The van der Waals surface area contributed by atoms with E-state index in [9.17, 15) is 4.79 Å². The first-order valence-corrected chi connectivity index (χ1v) is 6.94. The predicted octanol–water partition coefficient (Wildman–Crippen LogP) is 1.94. The number of carboxylic acid groups (broad SMARTS) is 1. The van der Waals surface area contributed by atoms with E-state index in [0.29, 0.717) is 24.0 Å². The molecule has 0 aliphatic carbocycles. The minimum atomic E-state index is -0.715. The molecule has 0 saturated carbocycles. The summed E-state index contributed by atoms with van der Waals surface area (Å²) in [7, 11) is 0. The lowest BCUT2D eigenvalue weighted by Crippen LogP contribution is -2.32. The van der Waals surface area contributed by atoms with Crippen LogP contribution in [0.2, 0.25) is 0 Å². The third-order valence-electron chi connectivity index (χ3n) is 4.20. The standard InChI is InChI=1S/C14H23NO3/c15-9-11-10(12-7-8-13(11)18-12)5-3-1-2-4-6-14(16)17/h1,3,10-13H,2,4-9,15H2,(H,16,17)/t10-,11+,12-,13+/m1/s1. The first-order valence-electron chi connectivity index (χ1n) is 6.94. The lowest BCUT2D eigenvalue weighted by Gasteiger charge is -2.25. The fourth-order valence-corrected chi connectivity index (χ4v) is 3.27.